The van der Waals surface area contributed by atoms with Crippen LogP contribution in [0, 0.1) is 30.6 Å². The van der Waals surface area contributed by atoms with Crippen molar-refractivity contribution in [1.29, 1.82) is 5.41 Å². The summed E-state index contributed by atoms with van der Waals surface area (Å²) in [7, 11) is 0. The third-order valence-corrected chi connectivity index (χ3v) is 10.2. The highest BCUT2D eigenvalue weighted by Gasteiger charge is 2.52. The average Bonchev–Trinajstić information content (AvgIpc) is 3.24. The summed E-state index contributed by atoms with van der Waals surface area (Å²) in [4.78, 5) is 7.91. The molecule has 0 spiro atoms. The quantitative estimate of drug-likeness (QED) is 0.491. The van der Waals surface area contributed by atoms with Crippen LogP contribution in [0.15, 0.2) is 24.0 Å². The lowest BCUT2D eigenvalue weighted by Crippen LogP contribution is -2.53. The zero-order chi connectivity index (χ0) is 24.4. The van der Waals surface area contributed by atoms with E-state index in [-0.39, 0.29) is 10.8 Å². The van der Waals surface area contributed by atoms with E-state index in [0.29, 0.717) is 35.5 Å². The number of hydrogen-bond donors (Lipinski definition) is 2. The van der Waals surface area contributed by atoms with Crippen LogP contribution in [0.5, 0.6) is 0 Å². The number of hydrogen-bond acceptors (Lipinski definition) is 4. The first-order valence-electron chi connectivity index (χ1n) is 12.9. The van der Waals surface area contributed by atoms with Crippen LogP contribution < -0.4 is 0 Å². The zero-order valence-corrected chi connectivity index (χ0v) is 22.4. The number of nitrogens with zero attached hydrogens (tertiary/aromatic N) is 2. The van der Waals surface area contributed by atoms with Gasteiger partial charge in [-0.3, -0.25) is 5.41 Å². The summed E-state index contributed by atoms with van der Waals surface area (Å²) in [5.74, 6) is 1.89. The van der Waals surface area contributed by atoms with Crippen LogP contribution in [0.3, 0.4) is 0 Å². The molecule has 2 aromatic rings. The number of aromatic nitrogens is 1. The van der Waals surface area contributed by atoms with Crippen molar-refractivity contribution < 1.29 is 5.11 Å². The monoisotopic (exact) mass is 477 g/mol. The second-order valence-electron chi connectivity index (χ2n) is 11.8. The van der Waals surface area contributed by atoms with E-state index in [1.807, 2.05) is 6.92 Å². The van der Waals surface area contributed by atoms with Gasteiger partial charge in [-0.1, -0.05) is 52.3 Å². The Balaban J connectivity index is 1.41. The van der Waals surface area contributed by atoms with Crippen molar-refractivity contribution in [2.24, 2.45) is 11.3 Å². The van der Waals surface area contributed by atoms with Gasteiger partial charge in [-0.2, -0.15) is 0 Å². The van der Waals surface area contributed by atoms with E-state index in [4.69, 9.17) is 5.41 Å². The van der Waals surface area contributed by atoms with Gasteiger partial charge in [-0.25, -0.2) is 4.98 Å². The fourth-order valence-electron chi connectivity index (χ4n) is 7.20. The summed E-state index contributed by atoms with van der Waals surface area (Å²) in [6.45, 7) is 14.8. The summed E-state index contributed by atoms with van der Waals surface area (Å²) in [6.07, 6.45) is 6.00. The minimum Gasteiger partial charge on any atom is -0.510 e. The Morgan fingerprint density at radius 1 is 1.24 bits per heavy atom. The van der Waals surface area contributed by atoms with Gasteiger partial charge >= 0.3 is 0 Å². The second kappa shape index (κ2) is 8.22. The Hall–Kier alpha value is -2.14. The first-order chi connectivity index (χ1) is 16.0. The molecule has 0 saturated heterocycles. The Morgan fingerprint density at radius 3 is 2.68 bits per heavy atom. The molecule has 0 bridgehead atoms. The van der Waals surface area contributed by atoms with Gasteiger partial charge in [0.15, 0.2) is 0 Å². The molecule has 3 atom stereocenters. The molecular formula is C29H39N3OS. The minimum absolute atomic E-state index is 0.109. The lowest BCUT2D eigenvalue weighted by atomic mass is 9.49. The van der Waals surface area contributed by atoms with Crippen molar-refractivity contribution >= 4 is 22.7 Å². The van der Waals surface area contributed by atoms with Crippen molar-refractivity contribution in [1.82, 2.24) is 9.88 Å². The first-order valence-corrected chi connectivity index (χ1v) is 13.7. The maximum atomic E-state index is 10.8. The number of aliphatic hydroxyl groups is 1. The van der Waals surface area contributed by atoms with E-state index >= 15 is 0 Å². The van der Waals surface area contributed by atoms with Crippen molar-refractivity contribution in [2.75, 3.05) is 13.1 Å². The molecule has 5 rings (SSSR count). The molecule has 34 heavy (non-hydrogen) atoms. The molecule has 1 fully saturated rings. The molecule has 4 nitrogen and oxygen atoms in total. The van der Waals surface area contributed by atoms with Crippen LogP contribution in [0.1, 0.15) is 91.6 Å². The van der Waals surface area contributed by atoms with Gasteiger partial charge in [0.2, 0.25) is 0 Å². The lowest BCUT2D eigenvalue weighted by Gasteiger charge is -2.56. The molecule has 2 aliphatic carbocycles. The molecular weight excluding hydrogens is 438 g/mol. The molecule has 1 aromatic heterocycles. The van der Waals surface area contributed by atoms with E-state index in [2.05, 4.69) is 62.7 Å². The number of aliphatic hydroxyl groups excluding tert-OH is 1. The number of fused-ring (bicyclic) bond motifs is 3. The second-order valence-corrected chi connectivity index (χ2v) is 13.0. The van der Waals surface area contributed by atoms with Crippen LogP contribution in [-0.2, 0) is 11.8 Å². The fraction of sp³-hybridized carbons (Fsp3) is 0.586. The lowest BCUT2D eigenvalue weighted by molar-refractivity contribution is 0.0108. The number of nitrogens with one attached hydrogen (secondary N) is 1. The molecule has 5 heteroatoms. The molecule has 2 heterocycles. The van der Waals surface area contributed by atoms with Crippen LogP contribution in [-0.4, -0.2) is 33.9 Å². The number of rotatable bonds is 4. The Morgan fingerprint density at radius 2 is 2.00 bits per heavy atom. The third-order valence-electron chi connectivity index (χ3n) is 9.14. The molecule has 3 aliphatic rings. The van der Waals surface area contributed by atoms with Crippen LogP contribution in [0.2, 0.25) is 0 Å². The summed E-state index contributed by atoms with van der Waals surface area (Å²) in [5, 5.41) is 20.6. The van der Waals surface area contributed by atoms with Gasteiger partial charge in [0.25, 0.3) is 0 Å². The van der Waals surface area contributed by atoms with E-state index in [0.717, 1.165) is 28.5 Å². The SMILES string of the molecule is Cc1nc(C2=C(O)CN(C[C@]3(C)CCC[C@]4(C)c5ccc(C(C)C)cc5CC[C@H]34)C2=N)sc1C. The van der Waals surface area contributed by atoms with Crippen molar-refractivity contribution in [3.63, 3.8) is 0 Å². The maximum absolute atomic E-state index is 10.8. The predicted molar refractivity (Wildman–Crippen MR) is 142 cm³/mol. The van der Waals surface area contributed by atoms with Crippen LogP contribution >= 0.6 is 11.3 Å². The van der Waals surface area contributed by atoms with Crippen LogP contribution in [0.25, 0.3) is 5.57 Å². The van der Waals surface area contributed by atoms with E-state index in [1.54, 1.807) is 22.5 Å². The van der Waals surface area contributed by atoms with Gasteiger partial charge in [-0.15, -0.1) is 11.3 Å². The third kappa shape index (κ3) is 3.62. The van der Waals surface area contributed by atoms with E-state index < -0.39 is 0 Å². The van der Waals surface area contributed by atoms with E-state index in [1.165, 1.54) is 31.2 Å². The molecule has 1 aliphatic heterocycles. The number of amidine groups is 1. The summed E-state index contributed by atoms with van der Waals surface area (Å²) in [6, 6.07) is 7.25. The molecule has 182 valence electrons. The Labute approximate surface area is 208 Å². The first kappa shape index (κ1) is 23.6. The van der Waals surface area contributed by atoms with Gasteiger partial charge in [0, 0.05) is 11.4 Å². The largest absolute Gasteiger partial charge is 0.510 e. The summed E-state index contributed by atoms with van der Waals surface area (Å²) in [5.41, 5.74) is 6.48. The van der Waals surface area contributed by atoms with E-state index in [9.17, 15) is 5.11 Å². The normalized spacial score (nSPS) is 29.1. The maximum Gasteiger partial charge on any atom is 0.135 e. The number of benzene rings is 1. The predicted octanol–water partition coefficient (Wildman–Crippen LogP) is 7.16. The van der Waals surface area contributed by atoms with Crippen molar-refractivity contribution in [3.8, 4) is 0 Å². The minimum atomic E-state index is 0.109. The molecule has 2 N–H and O–H groups in total. The molecule has 0 amide bonds. The Kier molecular flexibility index (Phi) is 5.70. The standard InChI is InChI=1S/C29H39N3OS/c1-17(2)20-8-10-22-21(14-20)9-11-24-28(5,12-7-13-29(22,24)6)16-32-15-23(33)25(26(32)30)27-31-18(3)19(4)34-27/h8,10,14,17,24,30,33H,7,9,11-13,15-16H2,1-6H3/t24-,28+,29-/m1/s1. The Bertz CT molecular complexity index is 1160. The highest BCUT2D eigenvalue weighted by Crippen LogP contribution is 2.58. The summed E-state index contributed by atoms with van der Waals surface area (Å²) < 4.78 is 0. The average molecular weight is 478 g/mol. The summed E-state index contributed by atoms with van der Waals surface area (Å²) >= 11 is 1.58. The number of aryl methyl sites for hydroxylation is 3. The highest BCUT2D eigenvalue weighted by molar-refractivity contribution is 7.13. The topological polar surface area (TPSA) is 60.2 Å². The van der Waals surface area contributed by atoms with Gasteiger partial charge in [0.05, 0.1) is 17.8 Å². The van der Waals surface area contributed by atoms with Gasteiger partial charge in [0.1, 0.15) is 16.6 Å². The zero-order valence-electron chi connectivity index (χ0n) is 21.6. The molecule has 1 aromatic carbocycles. The van der Waals surface area contributed by atoms with Crippen LogP contribution in [0.4, 0.5) is 0 Å². The fourth-order valence-corrected chi connectivity index (χ4v) is 8.18. The number of thiazole rings is 1. The van der Waals surface area contributed by atoms with Gasteiger partial charge < -0.3 is 10.0 Å². The molecule has 0 unspecified atom stereocenters. The molecule has 0 radical (unpaired) electrons. The van der Waals surface area contributed by atoms with Crippen molar-refractivity contribution in [3.05, 3.63) is 56.2 Å². The molecule has 1 saturated carbocycles. The smallest absolute Gasteiger partial charge is 0.135 e. The highest BCUT2D eigenvalue weighted by atomic mass is 32.1. The van der Waals surface area contributed by atoms with Gasteiger partial charge in [-0.05, 0) is 78.9 Å². The van der Waals surface area contributed by atoms with Crippen molar-refractivity contribution in [2.45, 2.75) is 85.0 Å².